The molecule has 606 valence electrons. The number of rotatable bonds is 12. The molecule has 0 amide bonds. The van der Waals surface area contributed by atoms with Gasteiger partial charge in [0.15, 0.2) is 0 Å². The quantitative estimate of drug-likeness (QED) is 0.0717. The van der Waals surface area contributed by atoms with E-state index in [2.05, 4.69) is 144 Å². The summed E-state index contributed by atoms with van der Waals surface area (Å²) in [6, 6.07) is 37.1. The number of nitrogens with two attached hydrogens (primary N) is 2. The average molecular weight is 1540 g/mol. The molecule has 6 N–H and O–H groups in total. The van der Waals surface area contributed by atoms with E-state index in [9.17, 15) is 10.2 Å². The lowest BCUT2D eigenvalue weighted by Crippen LogP contribution is -2.62. The van der Waals surface area contributed by atoms with Crippen LogP contribution in [0.1, 0.15) is 370 Å². The van der Waals surface area contributed by atoms with Crippen molar-refractivity contribution in [1.29, 1.82) is 0 Å². The second kappa shape index (κ2) is 21.5. The van der Waals surface area contributed by atoms with Crippen molar-refractivity contribution in [2.45, 2.75) is 352 Å². The monoisotopic (exact) mass is 1540 g/mol. The third-order valence-electron chi connectivity index (χ3n) is 39.8. The number of anilines is 2. The van der Waals surface area contributed by atoms with Crippen molar-refractivity contribution in [3.8, 4) is 45.6 Å². The first-order valence-corrected chi connectivity index (χ1v) is 47.3. The Hall–Kier alpha value is -5.88. The topological polar surface area (TPSA) is 111 Å². The van der Waals surface area contributed by atoms with Crippen LogP contribution in [0.25, 0.3) is 11.1 Å². The summed E-state index contributed by atoms with van der Waals surface area (Å²) in [4.78, 5) is 0. The minimum absolute atomic E-state index is 0.0160. The summed E-state index contributed by atoms with van der Waals surface area (Å²) in [6.07, 6.45) is 49.2. The first-order valence-electron chi connectivity index (χ1n) is 47.3. The Morgan fingerprint density at radius 2 is 0.461 bits per heavy atom. The van der Waals surface area contributed by atoms with E-state index in [0.717, 1.165) is 35.2 Å². The molecule has 12 unspecified atom stereocenters. The molecule has 6 nitrogen and oxygen atoms in total. The molecule has 0 spiro atoms. The summed E-state index contributed by atoms with van der Waals surface area (Å²) in [7, 11) is 0. The van der Waals surface area contributed by atoms with Crippen LogP contribution in [0.2, 0.25) is 0 Å². The fourth-order valence-corrected chi connectivity index (χ4v) is 43.8. The second-order valence-corrected chi connectivity index (χ2v) is 53.1. The lowest BCUT2D eigenvalue weighted by molar-refractivity contribution is -0.123. The maximum absolute atomic E-state index is 11.3. The van der Waals surface area contributed by atoms with Crippen LogP contribution in [0.5, 0.6) is 34.5 Å². The van der Waals surface area contributed by atoms with E-state index in [1.807, 2.05) is 56.6 Å². The average Bonchev–Trinajstić information content (AvgIpc) is 1.49. The molecule has 115 heavy (non-hydrogen) atoms. The van der Waals surface area contributed by atoms with Crippen molar-refractivity contribution >= 4 is 11.4 Å². The van der Waals surface area contributed by atoms with Crippen molar-refractivity contribution in [2.75, 3.05) is 11.5 Å². The predicted molar refractivity (Wildman–Crippen MR) is 463 cm³/mol. The van der Waals surface area contributed by atoms with Crippen LogP contribution in [0.3, 0.4) is 0 Å². The van der Waals surface area contributed by atoms with Gasteiger partial charge in [0.05, 0.1) is 16.8 Å². The number of aromatic hydroxyl groups is 2. The van der Waals surface area contributed by atoms with Crippen molar-refractivity contribution in [2.24, 2.45) is 100 Å². The lowest BCUT2D eigenvalue weighted by Gasteiger charge is -2.70. The Morgan fingerprint density at radius 1 is 0.243 bits per heavy atom. The molecule has 0 radical (unpaired) electrons. The van der Waals surface area contributed by atoms with Crippen LogP contribution in [0.15, 0.2) is 97.1 Å². The smallest absolute Gasteiger partial charge is 0.142 e. The van der Waals surface area contributed by atoms with Gasteiger partial charge in [0.2, 0.25) is 0 Å². The van der Waals surface area contributed by atoms with Crippen LogP contribution in [-0.4, -0.2) is 10.2 Å². The Kier molecular flexibility index (Phi) is 13.5. The number of hydrogen-bond donors (Lipinski definition) is 4. The highest BCUT2D eigenvalue weighted by Gasteiger charge is 2.74. The molecule has 6 aromatic carbocycles. The van der Waals surface area contributed by atoms with E-state index in [1.54, 1.807) is 35.4 Å². The van der Waals surface area contributed by atoms with Crippen LogP contribution in [0, 0.1) is 100 Å². The van der Waals surface area contributed by atoms with Gasteiger partial charge >= 0.3 is 0 Å². The van der Waals surface area contributed by atoms with Gasteiger partial charge in [0, 0.05) is 12.1 Å². The van der Waals surface area contributed by atoms with Gasteiger partial charge in [-0.1, -0.05) is 119 Å². The van der Waals surface area contributed by atoms with Gasteiger partial charge in [-0.3, -0.25) is 0 Å². The lowest BCUT2D eigenvalue weighted by atomic mass is 9.34. The fourth-order valence-electron chi connectivity index (χ4n) is 43.8. The third-order valence-corrected chi connectivity index (χ3v) is 39.8. The predicted octanol–water partition coefficient (Wildman–Crippen LogP) is 27.7. The second-order valence-electron chi connectivity index (χ2n) is 53.1. The first kappa shape index (κ1) is 72.0. The molecule has 25 aliphatic rings. The van der Waals surface area contributed by atoms with E-state index < -0.39 is 5.41 Å². The van der Waals surface area contributed by atoms with Crippen LogP contribution < -0.4 is 20.9 Å². The summed E-state index contributed by atoms with van der Waals surface area (Å²) >= 11 is 0. The molecule has 0 heterocycles. The maximum Gasteiger partial charge on any atom is 0.142 e. The molecule has 25 aliphatic carbocycles. The number of nitrogen functional groups attached to an aromatic ring is 2. The van der Waals surface area contributed by atoms with Gasteiger partial charge in [-0.2, -0.15) is 0 Å². The van der Waals surface area contributed by atoms with E-state index >= 15 is 0 Å². The van der Waals surface area contributed by atoms with E-state index in [0.29, 0.717) is 56.4 Å². The molecule has 0 saturated heterocycles. The number of fused-ring (bicyclic) bond motifs is 3. The Labute approximate surface area is 689 Å². The zero-order valence-corrected chi connectivity index (χ0v) is 72.5. The Balaban J connectivity index is 0.900. The Bertz CT molecular complexity index is 4850. The Morgan fingerprint density at radius 3 is 0.696 bits per heavy atom. The molecule has 0 aromatic heterocycles. The standard InChI is InChI=1S/C109H136N2O4/c1-91-29-65-30-92(2,47-91)54-103(41-65,53-91)79-27-77-85(89(107-45-69-37-99(9,61-107)51-100(10,38-69)62-107)87(79)105-43-67-33-95(5,57-105)49-96(6,34-67)58-105)86-78(109(77,71-13-17-73(18-14-71)114-75-21-23-81(110)83(112)25-75)72-15-19-74(20-16-72)115-76-22-24-82(111)84(113)26-76)28-80(104-42-66-31-93(3,55-104)48-94(4,32-66)56-104)88(106-44-68-35-97(7,59-106)50-98(8,36-68)60-106)90(86)108-46-70-39-101(11,63-108)52-102(12,40-70)64-108/h13-28,65-70,112-113H,29-64,110-111H2,1-12H3. The van der Waals surface area contributed by atoms with Crippen molar-refractivity contribution in [3.63, 3.8) is 0 Å². The van der Waals surface area contributed by atoms with E-state index in [1.165, 1.54) is 242 Å². The highest BCUT2D eigenvalue weighted by atomic mass is 16.5. The molecule has 12 atom stereocenters. The zero-order valence-electron chi connectivity index (χ0n) is 72.5. The SMILES string of the molecule is CC12CC3CC(C)(C1)CC(c1cc4c(c(C56CC7CC(C)(CC(C)(C7)C5)C6)c1C15CC6CC(C)(CC(C)(C6)C1)C5)-c1c(cc(C56CC7CC(C)(CC(C)(C7)C5)C6)c(C56CC7CC(C)(CC(C)(C7)C5)C6)c1C15CC6CC(C)(CC(C)(C6)C1)C5)C4(c1ccc(Oc4ccc(N)c(O)c4)cc1)c1ccc(Oc4ccc(N)c(O)c4)cc1)(C3)C2. The number of hydrogen-bond acceptors (Lipinski definition) is 6. The highest BCUT2D eigenvalue weighted by molar-refractivity contribution is 5.95. The molecule has 31 rings (SSSR count). The highest BCUT2D eigenvalue weighted by Crippen LogP contribution is 2.84. The molecule has 24 saturated carbocycles. The maximum atomic E-state index is 11.3. The molecule has 24 fully saturated rings. The number of phenolic OH excluding ortho intramolecular Hbond substituents is 2. The summed E-state index contributed by atoms with van der Waals surface area (Å²) in [5.74, 6) is 7.21. The number of benzene rings is 6. The minimum Gasteiger partial charge on any atom is -0.506 e. The van der Waals surface area contributed by atoms with E-state index in [-0.39, 0.29) is 87.3 Å². The van der Waals surface area contributed by atoms with E-state index in [4.69, 9.17) is 20.9 Å². The summed E-state index contributed by atoms with van der Waals surface area (Å²) in [5.41, 5.74) is 37.7. The first-order chi connectivity index (χ1) is 54.1. The molecule has 24 bridgehead atoms. The summed E-state index contributed by atoms with van der Waals surface area (Å²) < 4.78 is 14.1. The van der Waals surface area contributed by atoms with Crippen LogP contribution in [0.4, 0.5) is 11.4 Å². The van der Waals surface area contributed by atoms with Gasteiger partial charge in [0.1, 0.15) is 34.5 Å². The van der Waals surface area contributed by atoms with Gasteiger partial charge in [-0.25, -0.2) is 0 Å². The number of phenols is 2. The normalized spacial score (nSPS) is 48.8. The number of ether oxygens (including phenoxy) is 2. The van der Waals surface area contributed by atoms with Crippen molar-refractivity contribution in [3.05, 3.63) is 153 Å². The van der Waals surface area contributed by atoms with Gasteiger partial charge in [-0.05, 0) is 479 Å². The third kappa shape index (κ3) is 9.93. The largest absolute Gasteiger partial charge is 0.506 e. The van der Waals surface area contributed by atoms with Gasteiger partial charge in [-0.15, -0.1) is 0 Å². The van der Waals surface area contributed by atoms with Gasteiger partial charge in [0.25, 0.3) is 0 Å². The minimum atomic E-state index is -0.804. The summed E-state index contributed by atoms with van der Waals surface area (Å²) in [5, 5.41) is 22.5. The molecular weight excluding hydrogens is 1400 g/mol. The van der Waals surface area contributed by atoms with Gasteiger partial charge < -0.3 is 31.2 Å². The van der Waals surface area contributed by atoms with Crippen LogP contribution >= 0.6 is 0 Å². The van der Waals surface area contributed by atoms with Crippen molar-refractivity contribution in [1.82, 2.24) is 0 Å². The molecule has 6 aromatic rings. The molecular formula is C109H136N2O4. The van der Waals surface area contributed by atoms with Crippen molar-refractivity contribution < 1.29 is 19.7 Å². The zero-order chi connectivity index (χ0) is 78.7. The fraction of sp³-hybridized carbons (Fsp3) is 0.670. The van der Waals surface area contributed by atoms with Crippen LogP contribution in [-0.2, 0) is 37.9 Å². The molecule has 6 heteroatoms. The summed E-state index contributed by atoms with van der Waals surface area (Å²) in [6.45, 7) is 34.3. The molecule has 0 aliphatic heterocycles.